The molecule has 0 saturated carbocycles. The van der Waals surface area contributed by atoms with Gasteiger partial charge in [0.15, 0.2) is 0 Å². The van der Waals surface area contributed by atoms with E-state index in [1.165, 1.54) is 6.92 Å². The van der Waals surface area contributed by atoms with Crippen LogP contribution in [0.2, 0.25) is 0 Å². The molecule has 1 amide bonds. The smallest absolute Gasteiger partial charge is 0.463 e. The van der Waals surface area contributed by atoms with E-state index < -0.39 is 50.9 Å². The lowest BCUT2D eigenvalue weighted by Crippen LogP contribution is -2.42. The van der Waals surface area contributed by atoms with Gasteiger partial charge in [0.05, 0.1) is 23.6 Å². The molecule has 7 nitrogen and oxygen atoms in total. The first-order chi connectivity index (χ1) is 13.1. The highest BCUT2D eigenvalue weighted by Gasteiger charge is 2.50. The number of halogens is 3. The molecule has 1 aromatic carbocycles. The number of carbonyl (C=O) groups is 2. The number of rotatable bonds is 5. The number of sulfone groups is 1. The predicted molar refractivity (Wildman–Crippen MR) is 91.5 cm³/mol. The van der Waals surface area contributed by atoms with Gasteiger partial charge >= 0.3 is 17.6 Å². The highest BCUT2D eigenvalue weighted by Crippen LogP contribution is 2.35. The fraction of sp³-hybridized carbons (Fsp3) is 0.412. The van der Waals surface area contributed by atoms with E-state index in [4.69, 9.17) is 4.74 Å². The van der Waals surface area contributed by atoms with Crippen LogP contribution < -0.4 is 0 Å². The molecule has 0 spiro atoms. The second kappa shape index (κ2) is 8.63. The normalized spacial score (nSPS) is 15.4. The van der Waals surface area contributed by atoms with Crippen LogP contribution in [0.5, 0.6) is 0 Å². The number of esters is 1. The van der Waals surface area contributed by atoms with E-state index in [2.05, 4.69) is 4.74 Å². The Morgan fingerprint density at radius 1 is 1.14 bits per heavy atom. The van der Waals surface area contributed by atoms with Gasteiger partial charge in [-0.15, -0.1) is 0 Å². The minimum Gasteiger partial charge on any atom is -0.463 e. The van der Waals surface area contributed by atoms with E-state index in [1.54, 1.807) is 30.3 Å². The van der Waals surface area contributed by atoms with Gasteiger partial charge in [0.25, 0.3) is 9.84 Å². The Morgan fingerprint density at radius 3 is 2.36 bits per heavy atom. The van der Waals surface area contributed by atoms with Gasteiger partial charge in [0.1, 0.15) is 6.61 Å². The molecule has 0 unspecified atom stereocenters. The summed E-state index contributed by atoms with van der Waals surface area (Å²) in [6.07, 6.45) is -1.55. The topological polar surface area (TPSA) is 90.0 Å². The summed E-state index contributed by atoms with van der Waals surface area (Å²) in [5, 5.41) is 0. The molecule has 0 atom stereocenters. The number of alkyl halides is 3. The van der Waals surface area contributed by atoms with E-state index in [-0.39, 0.29) is 19.8 Å². The summed E-state index contributed by atoms with van der Waals surface area (Å²) in [6, 6.07) is 8.66. The summed E-state index contributed by atoms with van der Waals surface area (Å²) in [4.78, 5) is 24.1. The van der Waals surface area contributed by atoms with Crippen molar-refractivity contribution in [3.05, 3.63) is 46.4 Å². The second-order valence-electron chi connectivity index (χ2n) is 5.78. The van der Waals surface area contributed by atoms with Gasteiger partial charge in [-0.2, -0.15) is 13.2 Å². The molecule has 2 rings (SSSR count). The largest absolute Gasteiger partial charge is 0.501 e. The summed E-state index contributed by atoms with van der Waals surface area (Å²) < 4.78 is 72.1. The molecule has 1 aromatic rings. The van der Waals surface area contributed by atoms with Crippen LogP contribution in [-0.4, -0.2) is 50.6 Å². The Bertz CT molecular complexity index is 865. The van der Waals surface area contributed by atoms with Gasteiger partial charge in [-0.05, 0) is 12.5 Å². The molecular weight excluding hydrogens is 403 g/mol. The Labute approximate surface area is 159 Å². The van der Waals surface area contributed by atoms with Crippen molar-refractivity contribution in [1.29, 1.82) is 0 Å². The molecule has 0 saturated heterocycles. The first-order valence-corrected chi connectivity index (χ1v) is 9.72. The maximum absolute atomic E-state index is 12.9. The Morgan fingerprint density at radius 2 is 1.79 bits per heavy atom. The van der Waals surface area contributed by atoms with Crippen molar-refractivity contribution in [3.63, 3.8) is 0 Å². The van der Waals surface area contributed by atoms with Gasteiger partial charge in [-0.25, -0.2) is 18.0 Å². The van der Waals surface area contributed by atoms with E-state index in [0.717, 1.165) is 4.90 Å². The zero-order chi connectivity index (χ0) is 20.9. The number of amides is 1. The molecule has 1 heterocycles. The van der Waals surface area contributed by atoms with Crippen LogP contribution in [0.3, 0.4) is 0 Å². The standard InChI is InChI=1S/C17H18F3NO6S/c1-2-26-15(22)13-10-21(9-8-14(13)28(24,25)17(18,19)20)16(23)27-11-12-6-4-3-5-7-12/h3-7H,2,8-11H2,1H3. The summed E-state index contributed by atoms with van der Waals surface area (Å²) in [6.45, 7) is 0.172. The zero-order valence-electron chi connectivity index (χ0n) is 14.9. The minimum atomic E-state index is -5.72. The molecule has 0 fully saturated rings. The Balaban J connectivity index is 2.23. The highest BCUT2D eigenvalue weighted by molar-refractivity contribution is 7.96. The fourth-order valence-corrected chi connectivity index (χ4v) is 3.66. The molecule has 154 valence electrons. The molecule has 1 aliphatic rings. The third-order valence-corrected chi connectivity index (χ3v) is 5.62. The molecule has 1 aliphatic heterocycles. The van der Waals surface area contributed by atoms with Crippen molar-refractivity contribution in [2.24, 2.45) is 0 Å². The van der Waals surface area contributed by atoms with Crippen LogP contribution in [0.25, 0.3) is 0 Å². The molecular formula is C17H18F3NO6S. The van der Waals surface area contributed by atoms with Crippen molar-refractivity contribution in [3.8, 4) is 0 Å². The molecule has 0 N–H and O–H groups in total. The maximum Gasteiger partial charge on any atom is 0.501 e. The van der Waals surface area contributed by atoms with E-state index in [9.17, 15) is 31.2 Å². The number of ether oxygens (including phenoxy) is 2. The van der Waals surface area contributed by atoms with E-state index >= 15 is 0 Å². The van der Waals surface area contributed by atoms with Gasteiger partial charge in [-0.3, -0.25) is 0 Å². The lowest BCUT2D eigenvalue weighted by atomic mass is 10.1. The van der Waals surface area contributed by atoms with Gasteiger partial charge in [-0.1, -0.05) is 30.3 Å². The number of benzene rings is 1. The average molecular weight is 421 g/mol. The van der Waals surface area contributed by atoms with Gasteiger partial charge in [0, 0.05) is 13.0 Å². The predicted octanol–water partition coefficient (Wildman–Crippen LogP) is 2.78. The monoisotopic (exact) mass is 421 g/mol. The minimum absolute atomic E-state index is 0.0810. The van der Waals surface area contributed by atoms with Crippen molar-refractivity contribution < 1.29 is 40.7 Å². The summed E-state index contributed by atoms with van der Waals surface area (Å²) in [7, 11) is -5.72. The van der Waals surface area contributed by atoms with Crippen LogP contribution in [0, 0.1) is 0 Å². The lowest BCUT2D eigenvalue weighted by molar-refractivity contribution is -0.138. The van der Waals surface area contributed by atoms with Gasteiger partial charge in [0.2, 0.25) is 0 Å². The van der Waals surface area contributed by atoms with E-state index in [1.807, 2.05) is 0 Å². The number of nitrogens with zero attached hydrogens (tertiary/aromatic N) is 1. The third kappa shape index (κ3) is 4.83. The van der Waals surface area contributed by atoms with E-state index in [0.29, 0.717) is 5.56 Å². The first kappa shape index (κ1) is 21.7. The van der Waals surface area contributed by atoms with Crippen LogP contribution in [0.1, 0.15) is 18.9 Å². The first-order valence-electron chi connectivity index (χ1n) is 8.24. The Hall–Kier alpha value is -2.56. The molecule has 0 bridgehead atoms. The summed E-state index contributed by atoms with van der Waals surface area (Å²) >= 11 is 0. The quantitative estimate of drug-likeness (QED) is 0.680. The number of hydrogen-bond acceptors (Lipinski definition) is 6. The maximum atomic E-state index is 12.9. The van der Waals surface area contributed by atoms with Crippen molar-refractivity contribution >= 4 is 21.9 Å². The summed E-state index contributed by atoms with van der Waals surface area (Å²) in [5.74, 6) is -1.22. The fourth-order valence-electron chi connectivity index (χ4n) is 2.54. The molecule has 0 aromatic heterocycles. The van der Waals surface area contributed by atoms with Gasteiger partial charge < -0.3 is 14.4 Å². The number of carbonyl (C=O) groups excluding carboxylic acids is 2. The van der Waals surface area contributed by atoms with Crippen LogP contribution in [-0.2, 0) is 30.7 Å². The molecule has 0 aliphatic carbocycles. The molecule has 11 heteroatoms. The van der Waals surface area contributed by atoms with Crippen LogP contribution in [0.4, 0.5) is 18.0 Å². The third-order valence-electron chi connectivity index (χ3n) is 3.91. The average Bonchev–Trinajstić information content (AvgIpc) is 2.65. The number of hydrogen-bond donors (Lipinski definition) is 0. The second-order valence-corrected chi connectivity index (χ2v) is 7.75. The lowest BCUT2D eigenvalue weighted by Gasteiger charge is -2.29. The summed E-state index contributed by atoms with van der Waals surface area (Å²) in [5.41, 5.74) is -5.59. The SMILES string of the molecule is CCOC(=O)C1=C(S(=O)(=O)C(F)(F)F)CCN(C(=O)OCc2ccccc2)C1. The van der Waals surface area contributed by atoms with Crippen LogP contribution in [0.15, 0.2) is 40.8 Å². The highest BCUT2D eigenvalue weighted by atomic mass is 32.2. The molecule has 0 radical (unpaired) electrons. The molecule has 28 heavy (non-hydrogen) atoms. The zero-order valence-corrected chi connectivity index (χ0v) is 15.7. The van der Waals surface area contributed by atoms with Crippen molar-refractivity contribution in [2.45, 2.75) is 25.5 Å². The van der Waals surface area contributed by atoms with Crippen LogP contribution >= 0.6 is 0 Å². The van der Waals surface area contributed by atoms with Crippen molar-refractivity contribution in [2.75, 3.05) is 19.7 Å². The Kier molecular flexibility index (Phi) is 6.70. The van der Waals surface area contributed by atoms with Crippen molar-refractivity contribution in [1.82, 2.24) is 4.90 Å².